The van der Waals surface area contributed by atoms with Gasteiger partial charge in [-0.1, -0.05) is 0 Å². The van der Waals surface area contributed by atoms with Crippen molar-refractivity contribution in [3.05, 3.63) is 0 Å². The minimum Gasteiger partial charge on any atom is -0.459 e. The first-order chi connectivity index (χ1) is 8.54. The van der Waals surface area contributed by atoms with E-state index in [1.54, 1.807) is 11.8 Å². The van der Waals surface area contributed by atoms with E-state index >= 15 is 0 Å². The molecule has 0 N–H and O–H groups in total. The van der Waals surface area contributed by atoms with Crippen LogP contribution < -0.4 is 0 Å². The van der Waals surface area contributed by atoms with Crippen molar-refractivity contribution in [2.24, 2.45) is 0 Å². The van der Waals surface area contributed by atoms with Crippen LogP contribution in [0.1, 0.15) is 26.7 Å². The summed E-state index contributed by atoms with van der Waals surface area (Å²) in [6, 6.07) is 0. The fourth-order valence-electron chi connectivity index (χ4n) is 3.14. The van der Waals surface area contributed by atoms with Crippen molar-refractivity contribution in [1.29, 1.82) is 0 Å². The molecular formula is C12H16O5S. The van der Waals surface area contributed by atoms with Gasteiger partial charge in [-0.3, -0.25) is 9.59 Å². The summed E-state index contributed by atoms with van der Waals surface area (Å²) in [6.45, 7) is 2.86. The van der Waals surface area contributed by atoms with Crippen molar-refractivity contribution in [3.63, 3.8) is 0 Å². The van der Waals surface area contributed by atoms with Gasteiger partial charge in [-0.15, -0.1) is 11.8 Å². The first-order valence-corrected chi connectivity index (χ1v) is 7.14. The minimum atomic E-state index is -0.256. The molecule has 0 radical (unpaired) electrons. The molecule has 100 valence electrons. The summed E-state index contributed by atoms with van der Waals surface area (Å²) in [5.41, 5.74) is 0. The van der Waals surface area contributed by atoms with Gasteiger partial charge >= 0.3 is 11.9 Å². The second kappa shape index (κ2) is 4.42. The third-order valence-electron chi connectivity index (χ3n) is 3.70. The van der Waals surface area contributed by atoms with Gasteiger partial charge in [-0.25, -0.2) is 0 Å². The quantitative estimate of drug-likeness (QED) is 0.696. The SMILES string of the molecule is CC(=O)O[C@@H]1[C@H]2C[C@H]3S[C@@H]1C[C@@H](O2)[C@H]3OC(C)=O. The van der Waals surface area contributed by atoms with E-state index in [0.717, 1.165) is 12.8 Å². The number of esters is 2. The van der Waals surface area contributed by atoms with E-state index in [-0.39, 0.29) is 46.9 Å². The maximum atomic E-state index is 11.1. The summed E-state index contributed by atoms with van der Waals surface area (Å²) in [7, 11) is 0. The van der Waals surface area contributed by atoms with Gasteiger partial charge in [-0.2, -0.15) is 0 Å². The molecule has 4 saturated heterocycles. The number of hydrogen-bond acceptors (Lipinski definition) is 6. The molecule has 4 bridgehead atoms. The van der Waals surface area contributed by atoms with E-state index < -0.39 is 0 Å². The van der Waals surface area contributed by atoms with Gasteiger partial charge in [0.1, 0.15) is 12.2 Å². The number of ether oxygens (including phenoxy) is 3. The molecule has 4 heterocycles. The highest BCUT2D eigenvalue weighted by Gasteiger charge is 2.57. The standard InChI is InChI=1S/C12H16O5S/c1-5(13)15-11-7-3-10-12(16-6(2)14)8(17-7)4-9(11)18-10/h7-12H,3-4H2,1-2H3/t7-,8-,9-,10-,11-,12-/m1/s1. The highest BCUT2D eigenvalue weighted by molar-refractivity contribution is 8.00. The number of hydrogen-bond donors (Lipinski definition) is 0. The molecule has 5 nitrogen and oxygen atoms in total. The highest BCUT2D eigenvalue weighted by atomic mass is 32.2. The Kier molecular flexibility index (Phi) is 3.02. The minimum absolute atomic E-state index is 0.0318. The van der Waals surface area contributed by atoms with Gasteiger partial charge in [0, 0.05) is 24.3 Å². The molecule has 4 aliphatic heterocycles. The first kappa shape index (κ1) is 12.3. The molecule has 6 heteroatoms. The molecule has 6 atom stereocenters. The van der Waals surface area contributed by atoms with Crippen LogP contribution in [0.25, 0.3) is 0 Å². The van der Waals surface area contributed by atoms with Crippen LogP contribution in [0.4, 0.5) is 0 Å². The zero-order valence-electron chi connectivity index (χ0n) is 10.3. The van der Waals surface area contributed by atoms with E-state index in [1.165, 1.54) is 13.8 Å². The Morgan fingerprint density at radius 2 is 1.44 bits per heavy atom. The second-order valence-corrected chi connectivity index (χ2v) is 6.53. The highest BCUT2D eigenvalue weighted by Crippen LogP contribution is 2.50. The van der Waals surface area contributed by atoms with Crippen LogP contribution in [-0.2, 0) is 23.8 Å². The van der Waals surface area contributed by atoms with Gasteiger partial charge in [0.25, 0.3) is 0 Å². The zero-order valence-corrected chi connectivity index (χ0v) is 11.1. The second-order valence-electron chi connectivity index (χ2n) is 5.05. The van der Waals surface area contributed by atoms with E-state index in [1.807, 2.05) is 0 Å². The summed E-state index contributed by atoms with van der Waals surface area (Å²) >= 11 is 1.77. The summed E-state index contributed by atoms with van der Waals surface area (Å²) in [6.07, 6.45) is 1.23. The summed E-state index contributed by atoms with van der Waals surface area (Å²) < 4.78 is 16.6. The Labute approximate surface area is 110 Å². The molecule has 0 saturated carbocycles. The Hall–Kier alpha value is -0.750. The van der Waals surface area contributed by atoms with Crippen LogP contribution in [0, 0.1) is 0 Å². The van der Waals surface area contributed by atoms with E-state index in [0.29, 0.717) is 0 Å². The van der Waals surface area contributed by atoms with Crippen LogP contribution in [0.3, 0.4) is 0 Å². The third kappa shape index (κ3) is 2.01. The van der Waals surface area contributed by atoms with Crippen molar-refractivity contribution in [1.82, 2.24) is 0 Å². The molecule has 0 aromatic carbocycles. The number of carbonyl (C=O) groups excluding carboxylic acids is 2. The fourth-order valence-corrected chi connectivity index (χ4v) is 4.96. The molecule has 0 aromatic heterocycles. The molecular weight excluding hydrogens is 256 g/mol. The normalized spacial score (nSPS) is 44.8. The monoisotopic (exact) mass is 272 g/mol. The largest absolute Gasteiger partial charge is 0.459 e. The summed E-state index contributed by atoms with van der Waals surface area (Å²) in [5, 5.41) is 0.561. The van der Waals surface area contributed by atoms with Crippen molar-refractivity contribution in [2.75, 3.05) is 0 Å². The average Bonchev–Trinajstić information content (AvgIpc) is 2.24. The molecule has 18 heavy (non-hydrogen) atoms. The Morgan fingerprint density at radius 3 is 1.78 bits per heavy atom. The predicted molar refractivity (Wildman–Crippen MR) is 64.2 cm³/mol. The van der Waals surface area contributed by atoms with Crippen LogP contribution in [0.2, 0.25) is 0 Å². The van der Waals surface area contributed by atoms with Gasteiger partial charge in [0.2, 0.25) is 0 Å². The number of rotatable bonds is 2. The average molecular weight is 272 g/mol. The lowest BCUT2D eigenvalue weighted by molar-refractivity contribution is -0.209. The van der Waals surface area contributed by atoms with Crippen LogP contribution in [0.15, 0.2) is 0 Å². The maximum absolute atomic E-state index is 11.1. The van der Waals surface area contributed by atoms with Gasteiger partial charge < -0.3 is 14.2 Å². The fraction of sp³-hybridized carbons (Fsp3) is 0.833. The van der Waals surface area contributed by atoms with Crippen LogP contribution in [0.5, 0.6) is 0 Å². The Bertz CT molecular complexity index is 321. The zero-order chi connectivity index (χ0) is 12.9. The molecule has 4 aliphatic rings. The van der Waals surface area contributed by atoms with E-state index in [4.69, 9.17) is 14.2 Å². The van der Waals surface area contributed by atoms with Crippen LogP contribution in [-0.4, -0.2) is 46.9 Å². The topological polar surface area (TPSA) is 61.8 Å². The summed E-state index contributed by atoms with van der Waals surface area (Å²) in [4.78, 5) is 22.2. The predicted octanol–water partition coefficient (Wildman–Crippen LogP) is 0.895. The van der Waals surface area contributed by atoms with Crippen molar-refractivity contribution >= 4 is 23.7 Å². The molecule has 0 amide bonds. The summed E-state index contributed by atoms with van der Waals surface area (Å²) in [5.74, 6) is -0.513. The number of carbonyl (C=O) groups is 2. The molecule has 4 fully saturated rings. The molecule has 0 aliphatic carbocycles. The van der Waals surface area contributed by atoms with Crippen molar-refractivity contribution in [2.45, 2.75) is 61.6 Å². The lowest BCUT2D eigenvalue weighted by Gasteiger charge is -2.55. The number of thioether (sulfide) groups is 1. The Balaban J connectivity index is 1.72. The third-order valence-corrected chi connectivity index (χ3v) is 5.32. The van der Waals surface area contributed by atoms with Gasteiger partial charge in [-0.05, 0) is 12.8 Å². The van der Waals surface area contributed by atoms with E-state index in [2.05, 4.69) is 0 Å². The lowest BCUT2D eigenvalue weighted by Crippen LogP contribution is -2.64. The molecule has 4 rings (SSSR count). The van der Waals surface area contributed by atoms with Gasteiger partial charge in [0.15, 0.2) is 0 Å². The molecule has 0 spiro atoms. The van der Waals surface area contributed by atoms with Gasteiger partial charge in [0.05, 0.1) is 12.2 Å². The molecule has 0 aromatic rings. The molecule has 0 unspecified atom stereocenters. The van der Waals surface area contributed by atoms with Crippen molar-refractivity contribution < 1.29 is 23.8 Å². The van der Waals surface area contributed by atoms with E-state index in [9.17, 15) is 9.59 Å². The smallest absolute Gasteiger partial charge is 0.303 e. The first-order valence-electron chi connectivity index (χ1n) is 6.20. The Morgan fingerprint density at radius 1 is 1.00 bits per heavy atom. The lowest BCUT2D eigenvalue weighted by atomic mass is 9.86. The maximum Gasteiger partial charge on any atom is 0.303 e. The van der Waals surface area contributed by atoms with Crippen molar-refractivity contribution in [3.8, 4) is 0 Å². The van der Waals surface area contributed by atoms with Crippen LogP contribution >= 0.6 is 11.8 Å².